The van der Waals surface area contributed by atoms with Crippen molar-refractivity contribution < 1.29 is 23.9 Å². The van der Waals surface area contributed by atoms with Crippen LogP contribution in [0.3, 0.4) is 0 Å². The second-order valence-electron chi connectivity index (χ2n) is 4.83. The highest BCUT2D eigenvalue weighted by Gasteiger charge is 2.22. The number of hydrogen-bond acceptors (Lipinski definition) is 7. The molecule has 21 heavy (non-hydrogen) atoms. The SMILES string of the molecule is COC(=O)c1ccc([N+](=O)[O-])c(OCCC(C)(C)OC)n1. The predicted molar refractivity (Wildman–Crippen MR) is 73.4 cm³/mol. The van der Waals surface area contributed by atoms with Crippen molar-refractivity contribution in [3.05, 3.63) is 27.9 Å². The molecule has 0 radical (unpaired) electrons. The van der Waals surface area contributed by atoms with Gasteiger partial charge in [-0.3, -0.25) is 10.1 Å². The normalized spacial score (nSPS) is 11.0. The van der Waals surface area contributed by atoms with E-state index in [1.165, 1.54) is 13.2 Å². The number of hydrogen-bond donors (Lipinski definition) is 0. The van der Waals surface area contributed by atoms with Gasteiger partial charge in [-0.1, -0.05) is 0 Å². The Kier molecular flexibility index (Phi) is 5.60. The largest absolute Gasteiger partial charge is 0.473 e. The predicted octanol–water partition coefficient (Wildman–Crippen LogP) is 1.97. The molecule has 1 aromatic heterocycles. The molecule has 0 atom stereocenters. The van der Waals surface area contributed by atoms with Crippen LogP contribution in [0.15, 0.2) is 12.1 Å². The third-order valence-electron chi connectivity index (χ3n) is 2.93. The van der Waals surface area contributed by atoms with Crippen LogP contribution in [0.4, 0.5) is 5.69 Å². The summed E-state index contributed by atoms with van der Waals surface area (Å²) < 4.78 is 15.1. The molecule has 0 saturated carbocycles. The lowest BCUT2D eigenvalue weighted by molar-refractivity contribution is -0.386. The summed E-state index contributed by atoms with van der Waals surface area (Å²) in [4.78, 5) is 25.5. The number of nitrogens with zero attached hydrogens (tertiary/aromatic N) is 2. The summed E-state index contributed by atoms with van der Waals surface area (Å²) in [5.41, 5.74) is -0.781. The standard InChI is InChI=1S/C13H18N2O6/c1-13(2,20-4)7-8-21-11-10(15(17)18)6-5-9(14-11)12(16)19-3/h5-6H,7-8H2,1-4H3. The van der Waals surface area contributed by atoms with Gasteiger partial charge in [0.25, 0.3) is 5.88 Å². The molecule has 0 spiro atoms. The number of esters is 1. The molecule has 8 heteroatoms. The molecule has 0 amide bonds. The maximum atomic E-state index is 11.4. The molecule has 0 bridgehead atoms. The van der Waals surface area contributed by atoms with Crippen molar-refractivity contribution in [3.63, 3.8) is 0 Å². The Bertz CT molecular complexity index is 529. The molecule has 0 N–H and O–H groups in total. The smallest absolute Gasteiger partial charge is 0.356 e. The van der Waals surface area contributed by atoms with Crippen LogP contribution in [0.1, 0.15) is 30.8 Å². The van der Waals surface area contributed by atoms with Gasteiger partial charge in [0, 0.05) is 19.6 Å². The molecular weight excluding hydrogens is 280 g/mol. The van der Waals surface area contributed by atoms with Crippen molar-refractivity contribution >= 4 is 11.7 Å². The highest BCUT2D eigenvalue weighted by atomic mass is 16.6. The van der Waals surface area contributed by atoms with Crippen LogP contribution in [0, 0.1) is 10.1 Å². The summed E-state index contributed by atoms with van der Waals surface area (Å²) in [6, 6.07) is 2.38. The summed E-state index contributed by atoms with van der Waals surface area (Å²) in [5.74, 6) is -0.901. The van der Waals surface area contributed by atoms with Gasteiger partial charge in [-0.05, 0) is 19.9 Å². The van der Waals surface area contributed by atoms with Crippen molar-refractivity contribution in [3.8, 4) is 5.88 Å². The molecule has 8 nitrogen and oxygen atoms in total. The third kappa shape index (κ3) is 4.67. The van der Waals surface area contributed by atoms with Crippen LogP contribution in [0.25, 0.3) is 0 Å². The molecule has 1 rings (SSSR count). The third-order valence-corrected chi connectivity index (χ3v) is 2.93. The van der Waals surface area contributed by atoms with Gasteiger partial charge in [-0.15, -0.1) is 0 Å². The topological polar surface area (TPSA) is 101 Å². The molecule has 0 fully saturated rings. The van der Waals surface area contributed by atoms with Gasteiger partial charge in [0.2, 0.25) is 0 Å². The van der Waals surface area contributed by atoms with E-state index in [1.807, 2.05) is 13.8 Å². The number of pyridine rings is 1. The van der Waals surface area contributed by atoms with Crippen LogP contribution in [-0.4, -0.2) is 42.3 Å². The van der Waals surface area contributed by atoms with Crippen molar-refractivity contribution in [2.45, 2.75) is 25.9 Å². The number of carbonyl (C=O) groups excluding carboxylic acids is 1. The summed E-state index contributed by atoms with van der Waals surface area (Å²) >= 11 is 0. The van der Waals surface area contributed by atoms with Crippen LogP contribution >= 0.6 is 0 Å². The number of methoxy groups -OCH3 is 2. The minimum atomic E-state index is -0.688. The lowest BCUT2D eigenvalue weighted by atomic mass is 10.1. The second-order valence-corrected chi connectivity index (χ2v) is 4.83. The van der Waals surface area contributed by atoms with E-state index in [0.29, 0.717) is 6.42 Å². The Balaban J connectivity index is 2.91. The van der Waals surface area contributed by atoms with Crippen molar-refractivity contribution in [2.24, 2.45) is 0 Å². The van der Waals surface area contributed by atoms with Gasteiger partial charge < -0.3 is 14.2 Å². The lowest BCUT2D eigenvalue weighted by Crippen LogP contribution is -2.25. The van der Waals surface area contributed by atoms with Crippen LogP contribution in [0.2, 0.25) is 0 Å². The van der Waals surface area contributed by atoms with Crippen molar-refractivity contribution in [1.82, 2.24) is 4.98 Å². The first-order valence-electron chi connectivity index (χ1n) is 6.22. The van der Waals surface area contributed by atoms with E-state index in [2.05, 4.69) is 9.72 Å². The summed E-state index contributed by atoms with van der Waals surface area (Å²) in [5, 5.41) is 10.9. The Labute approximate surface area is 122 Å². The zero-order valence-corrected chi connectivity index (χ0v) is 12.4. The Morgan fingerprint density at radius 2 is 2.05 bits per heavy atom. The molecule has 1 aromatic rings. The molecular formula is C13H18N2O6. The first-order valence-corrected chi connectivity index (χ1v) is 6.22. The van der Waals surface area contributed by atoms with Crippen LogP contribution in [0.5, 0.6) is 5.88 Å². The minimum Gasteiger partial charge on any atom is -0.473 e. The van der Waals surface area contributed by atoms with Gasteiger partial charge in [-0.2, -0.15) is 0 Å². The fraction of sp³-hybridized carbons (Fsp3) is 0.538. The van der Waals surface area contributed by atoms with Crippen molar-refractivity contribution in [1.29, 1.82) is 0 Å². The van der Waals surface area contributed by atoms with E-state index in [-0.39, 0.29) is 23.9 Å². The highest BCUT2D eigenvalue weighted by Crippen LogP contribution is 2.25. The fourth-order valence-electron chi connectivity index (χ4n) is 1.39. The first-order chi connectivity index (χ1) is 9.80. The molecule has 0 aliphatic rings. The molecule has 1 heterocycles. The quantitative estimate of drug-likeness (QED) is 0.431. The average Bonchev–Trinajstić information content (AvgIpc) is 2.45. The van der Waals surface area contributed by atoms with E-state index in [0.717, 1.165) is 6.07 Å². The van der Waals surface area contributed by atoms with Gasteiger partial charge in [0.05, 0.1) is 24.2 Å². The Morgan fingerprint density at radius 1 is 1.38 bits per heavy atom. The zero-order valence-electron chi connectivity index (χ0n) is 12.4. The molecule has 0 unspecified atom stereocenters. The molecule has 0 aliphatic carbocycles. The van der Waals surface area contributed by atoms with E-state index in [4.69, 9.17) is 9.47 Å². The van der Waals surface area contributed by atoms with Crippen molar-refractivity contribution in [2.75, 3.05) is 20.8 Å². The van der Waals surface area contributed by atoms with E-state index in [1.54, 1.807) is 7.11 Å². The minimum absolute atomic E-state index is 0.0518. The van der Waals surface area contributed by atoms with E-state index in [9.17, 15) is 14.9 Å². The summed E-state index contributed by atoms with van der Waals surface area (Å²) in [6.07, 6.45) is 0.505. The molecule has 0 aliphatic heterocycles. The number of rotatable bonds is 7. The lowest BCUT2D eigenvalue weighted by Gasteiger charge is -2.22. The number of aromatic nitrogens is 1. The molecule has 116 valence electrons. The maximum absolute atomic E-state index is 11.4. The van der Waals surface area contributed by atoms with Gasteiger partial charge in [0.15, 0.2) is 5.69 Å². The molecule has 0 saturated heterocycles. The summed E-state index contributed by atoms with van der Waals surface area (Å²) in [7, 11) is 2.77. The average molecular weight is 298 g/mol. The molecule has 0 aromatic carbocycles. The van der Waals surface area contributed by atoms with Gasteiger partial charge >= 0.3 is 11.7 Å². The second kappa shape index (κ2) is 6.98. The Morgan fingerprint density at radius 3 is 2.57 bits per heavy atom. The Hall–Kier alpha value is -2.22. The number of nitro groups is 1. The van der Waals surface area contributed by atoms with E-state index < -0.39 is 16.5 Å². The van der Waals surface area contributed by atoms with Gasteiger partial charge in [0.1, 0.15) is 0 Å². The van der Waals surface area contributed by atoms with Crippen LogP contribution < -0.4 is 4.74 Å². The summed E-state index contributed by atoms with van der Waals surface area (Å²) in [6.45, 7) is 3.89. The van der Waals surface area contributed by atoms with Crippen LogP contribution in [-0.2, 0) is 9.47 Å². The first kappa shape index (κ1) is 16.8. The van der Waals surface area contributed by atoms with E-state index >= 15 is 0 Å². The monoisotopic (exact) mass is 298 g/mol. The van der Waals surface area contributed by atoms with Gasteiger partial charge in [-0.25, -0.2) is 9.78 Å². The fourth-order valence-corrected chi connectivity index (χ4v) is 1.39. The maximum Gasteiger partial charge on any atom is 0.356 e. The number of ether oxygens (including phenoxy) is 3. The number of carbonyl (C=O) groups is 1. The zero-order chi connectivity index (χ0) is 16.0. The highest BCUT2D eigenvalue weighted by molar-refractivity contribution is 5.87.